The van der Waals surface area contributed by atoms with Gasteiger partial charge in [0.15, 0.2) is 5.78 Å². The van der Waals surface area contributed by atoms with Gasteiger partial charge in [0.25, 0.3) is 0 Å². The number of halogens is 3. The molecule has 0 fully saturated rings. The SMILES string of the molecule is CCOC(=O)C(C(=O)CCN)C(F)(F)F. The summed E-state index contributed by atoms with van der Waals surface area (Å²) in [4.78, 5) is 21.9. The summed E-state index contributed by atoms with van der Waals surface area (Å²) in [6.45, 7) is 0.922. The van der Waals surface area contributed by atoms with Gasteiger partial charge in [-0.1, -0.05) is 0 Å². The van der Waals surface area contributed by atoms with E-state index in [1.807, 2.05) is 0 Å². The topological polar surface area (TPSA) is 69.4 Å². The minimum Gasteiger partial charge on any atom is -0.465 e. The van der Waals surface area contributed by atoms with E-state index in [4.69, 9.17) is 5.73 Å². The third-order valence-electron chi connectivity index (χ3n) is 1.56. The van der Waals surface area contributed by atoms with Crippen LogP contribution in [0.25, 0.3) is 0 Å². The van der Waals surface area contributed by atoms with E-state index in [1.165, 1.54) is 6.92 Å². The molecule has 0 saturated carbocycles. The first-order valence-corrected chi connectivity index (χ1v) is 4.30. The zero-order valence-electron chi connectivity index (χ0n) is 8.13. The van der Waals surface area contributed by atoms with Gasteiger partial charge in [0.2, 0.25) is 5.92 Å². The Kier molecular flexibility index (Phi) is 5.27. The van der Waals surface area contributed by atoms with Crippen molar-refractivity contribution in [2.45, 2.75) is 19.5 Å². The predicted molar refractivity (Wildman–Crippen MR) is 44.9 cm³/mol. The quantitative estimate of drug-likeness (QED) is 0.553. The fraction of sp³-hybridized carbons (Fsp3) is 0.750. The normalized spacial score (nSPS) is 13.4. The summed E-state index contributed by atoms with van der Waals surface area (Å²) in [5.74, 6) is -5.53. The molecule has 0 saturated heterocycles. The van der Waals surface area contributed by atoms with Gasteiger partial charge < -0.3 is 10.5 Å². The van der Waals surface area contributed by atoms with Crippen molar-refractivity contribution in [1.29, 1.82) is 0 Å². The van der Waals surface area contributed by atoms with Crippen LogP contribution in [0.2, 0.25) is 0 Å². The summed E-state index contributed by atoms with van der Waals surface area (Å²) in [5, 5.41) is 0. The molecular formula is C8H12F3NO3. The summed E-state index contributed by atoms with van der Waals surface area (Å²) in [6.07, 6.45) is -5.42. The van der Waals surface area contributed by atoms with Gasteiger partial charge in [-0.25, -0.2) is 0 Å². The summed E-state index contributed by atoms with van der Waals surface area (Å²) >= 11 is 0. The van der Waals surface area contributed by atoms with Crippen molar-refractivity contribution in [3.05, 3.63) is 0 Å². The molecule has 88 valence electrons. The highest BCUT2D eigenvalue weighted by atomic mass is 19.4. The predicted octanol–water partition coefficient (Wildman–Crippen LogP) is 0.646. The van der Waals surface area contributed by atoms with Crippen LogP contribution < -0.4 is 5.73 Å². The monoisotopic (exact) mass is 227 g/mol. The molecule has 0 amide bonds. The van der Waals surface area contributed by atoms with Crippen molar-refractivity contribution >= 4 is 11.8 Å². The maximum Gasteiger partial charge on any atom is 0.409 e. The molecule has 0 heterocycles. The molecule has 1 atom stereocenters. The van der Waals surface area contributed by atoms with E-state index in [1.54, 1.807) is 0 Å². The van der Waals surface area contributed by atoms with Gasteiger partial charge in [0.1, 0.15) is 0 Å². The molecular weight excluding hydrogens is 215 g/mol. The Labute approximate surface area is 84.6 Å². The molecule has 0 aromatic carbocycles. The third-order valence-corrected chi connectivity index (χ3v) is 1.56. The van der Waals surface area contributed by atoms with E-state index in [-0.39, 0.29) is 13.2 Å². The number of ether oxygens (including phenoxy) is 1. The van der Waals surface area contributed by atoms with Gasteiger partial charge in [0.05, 0.1) is 6.61 Å². The second kappa shape index (κ2) is 5.69. The molecule has 0 aliphatic carbocycles. The van der Waals surface area contributed by atoms with Crippen molar-refractivity contribution in [2.75, 3.05) is 13.2 Å². The molecule has 0 aromatic rings. The minimum atomic E-state index is -4.92. The van der Waals surface area contributed by atoms with Crippen LogP contribution in [0.1, 0.15) is 13.3 Å². The number of hydrogen-bond donors (Lipinski definition) is 1. The molecule has 0 rings (SSSR count). The summed E-state index contributed by atoms with van der Waals surface area (Å²) in [7, 11) is 0. The Hall–Kier alpha value is -1.11. The van der Waals surface area contributed by atoms with Gasteiger partial charge in [-0.2, -0.15) is 13.2 Å². The van der Waals surface area contributed by atoms with Crippen molar-refractivity contribution in [3.63, 3.8) is 0 Å². The van der Waals surface area contributed by atoms with Crippen LogP contribution >= 0.6 is 0 Å². The first kappa shape index (κ1) is 13.9. The molecule has 2 N–H and O–H groups in total. The van der Waals surface area contributed by atoms with Crippen LogP contribution in [0.5, 0.6) is 0 Å². The highest BCUT2D eigenvalue weighted by Gasteiger charge is 2.50. The van der Waals surface area contributed by atoms with Crippen LogP contribution in [-0.2, 0) is 14.3 Å². The molecule has 7 heteroatoms. The third kappa shape index (κ3) is 4.28. The Balaban J connectivity index is 4.74. The molecule has 1 unspecified atom stereocenters. The number of esters is 1. The maximum atomic E-state index is 12.3. The van der Waals surface area contributed by atoms with Crippen LogP contribution in [0.4, 0.5) is 13.2 Å². The van der Waals surface area contributed by atoms with E-state index in [0.29, 0.717) is 0 Å². The Morgan fingerprint density at radius 3 is 2.27 bits per heavy atom. The van der Waals surface area contributed by atoms with Gasteiger partial charge in [-0.05, 0) is 13.5 Å². The molecule has 4 nitrogen and oxygen atoms in total. The van der Waals surface area contributed by atoms with E-state index in [9.17, 15) is 22.8 Å². The van der Waals surface area contributed by atoms with Crippen molar-refractivity contribution in [3.8, 4) is 0 Å². The molecule has 0 aliphatic heterocycles. The van der Waals surface area contributed by atoms with Crippen molar-refractivity contribution in [1.82, 2.24) is 0 Å². The zero-order chi connectivity index (χ0) is 12.1. The van der Waals surface area contributed by atoms with Crippen LogP contribution in [0.15, 0.2) is 0 Å². The van der Waals surface area contributed by atoms with Crippen molar-refractivity contribution < 1.29 is 27.5 Å². The lowest BCUT2D eigenvalue weighted by molar-refractivity contribution is -0.197. The van der Waals surface area contributed by atoms with Crippen molar-refractivity contribution in [2.24, 2.45) is 11.7 Å². The molecule has 0 bridgehead atoms. The lowest BCUT2D eigenvalue weighted by Gasteiger charge is -2.16. The fourth-order valence-corrected chi connectivity index (χ4v) is 0.960. The standard InChI is InChI=1S/C8H12F3NO3/c1-2-15-7(14)6(8(9,10)11)5(13)3-4-12/h6H,2-4,12H2,1H3. The van der Waals surface area contributed by atoms with Crippen LogP contribution in [0.3, 0.4) is 0 Å². The number of ketones is 1. The molecule has 0 aromatic heterocycles. The molecule has 15 heavy (non-hydrogen) atoms. The smallest absolute Gasteiger partial charge is 0.409 e. The molecule has 0 radical (unpaired) electrons. The fourth-order valence-electron chi connectivity index (χ4n) is 0.960. The molecule has 0 spiro atoms. The number of rotatable bonds is 5. The van der Waals surface area contributed by atoms with E-state index in [0.717, 1.165) is 0 Å². The lowest BCUT2D eigenvalue weighted by atomic mass is 10.0. The zero-order valence-corrected chi connectivity index (χ0v) is 8.13. The number of carbonyl (C=O) groups excluding carboxylic acids is 2. The van der Waals surface area contributed by atoms with E-state index in [2.05, 4.69) is 4.74 Å². The van der Waals surface area contributed by atoms with E-state index >= 15 is 0 Å². The first-order valence-electron chi connectivity index (χ1n) is 4.30. The largest absolute Gasteiger partial charge is 0.465 e. The first-order chi connectivity index (χ1) is 6.84. The van der Waals surface area contributed by atoms with E-state index < -0.39 is 30.3 Å². The highest BCUT2D eigenvalue weighted by Crippen LogP contribution is 2.28. The maximum absolute atomic E-state index is 12.3. The minimum absolute atomic E-state index is 0.207. The summed E-state index contributed by atoms with van der Waals surface area (Å²) < 4.78 is 41.1. The summed E-state index contributed by atoms with van der Waals surface area (Å²) in [6, 6.07) is 0. The second-order valence-electron chi connectivity index (χ2n) is 2.73. The van der Waals surface area contributed by atoms with Gasteiger partial charge in [-0.15, -0.1) is 0 Å². The van der Waals surface area contributed by atoms with Gasteiger partial charge in [-0.3, -0.25) is 9.59 Å². The number of nitrogens with two attached hydrogens (primary N) is 1. The average molecular weight is 227 g/mol. The summed E-state index contributed by atoms with van der Waals surface area (Å²) in [5.41, 5.74) is 4.94. The van der Waals surface area contributed by atoms with Gasteiger partial charge in [0, 0.05) is 6.42 Å². The number of carbonyl (C=O) groups is 2. The van der Waals surface area contributed by atoms with Gasteiger partial charge >= 0.3 is 12.1 Å². The Bertz CT molecular complexity index is 222. The lowest BCUT2D eigenvalue weighted by Crippen LogP contribution is -2.39. The Morgan fingerprint density at radius 1 is 1.40 bits per heavy atom. The number of hydrogen-bond acceptors (Lipinski definition) is 4. The highest BCUT2D eigenvalue weighted by molar-refractivity contribution is 5.99. The average Bonchev–Trinajstić information content (AvgIpc) is 2.01. The second-order valence-corrected chi connectivity index (χ2v) is 2.73. The number of Topliss-reactive ketones (excluding diaryl/α,β-unsaturated/α-hetero) is 1. The van der Waals surface area contributed by atoms with Crippen LogP contribution in [0, 0.1) is 5.92 Å². The van der Waals surface area contributed by atoms with Crippen LogP contribution in [-0.4, -0.2) is 31.1 Å². The molecule has 0 aliphatic rings. The number of alkyl halides is 3. The Morgan fingerprint density at radius 2 is 1.93 bits per heavy atom.